The maximum Gasteiger partial charge on any atom is 0.0296 e. The Morgan fingerprint density at radius 2 is 2.38 bits per heavy atom. The Labute approximate surface area is 54.2 Å². The van der Waals surface area contributed by atoms with Crippen molar-refractivity contribution in [2.75, 3.05) is 12.8 Å². The summed E-state index contributed by atoms with van der Waals surface area (Å²) in [4.78, 5) is 0. The molecule has 0 atom stereocenters. The van der Waals surface area contributed by atoms with Gasteiger partial charge in [-0.3, -0.25) is 11.3 Å². The molecule has 3 N–H and O–H groups in total. The van der Waals surface area contributed by atoms with Gasteiger partial charge in [0.05, 0.1) is 0 Å². The second kappa shape index (κ2) is 2.25. The number of hydrogen-bond acceptors (Lipinski definition) is 3. The highest BCUT2D eigenvalue weighted by atomic mass is 32.2. The molecule has 0 amide bonds. The van der Waals surface area contributed by atoms with Gasteiger partial charge in [-0.05, 0) is 19.1 Å². The molecule has 0 heterocycles. The van der Waals surface area contributed by atoms with Crippen molar-refractivity contribution in [2.45, 2.75) is 17.6 Å². The van der Waals surface area contributed by atoms with Crippen molar-refractivity contribution in [1.82, 2.24) is 5.43 Å². The summed E-state index contributed by atoms with van der Waals surface area (Å²) >= 11 is 1.92. The molecular weight excluding hydrogens is 120 g/mol. The average Bonchev–Trinajstić information content (AvgIpc) is 2.50. The highest BCUT2D eigenvalue weighted by Crippen LogP contribution is 2.46. The van der Waals surface area contributed by atoms with Gasteiger partial charge >= 0.3 is 0 Å². The first-order chi connectivity index (χ1) is 3.83. The Morgan fingerprint density at radius 3 is 2.50 bits per heavy atom. The summed E-state index contributed by atoms with van der Waals surface area (Å²) in [5.41, 5.74) is 2.70. The second-order valence-electron chi connectivity index (χ2n) is 2.27. The summed E-state index contributed by atoms with van der Waals surface area (Å²) in [6.45, 7) is 0.966. The number of hydrogen-bond donors (Lipinski definition) is 2. The Morgan fingerprint density at radius 1 is 1.75 bits per heavy atom. The fraction of sp³-hybridized carbons (Fsp3) is 1.00. The molecule has 1 aliphatic carbocycles. The monoisotopic (exact) mass is 132 g/mol. The van der Waals surface area contributed by atoms with E-state index in [2.05, 4.69) is 11.7 Å². The van der Waals surface area contributed by atoms with E-state index >= 15 is 0 Å². The molecule has 0 spiro atoms. The van der Waals surface area contributed by atoms with Crippen LogP contribution in [0.15, 0.2) is 0 Å². The van der Waals surface area contributed by atoms with E-state index in [0.29, 0.717) is 4.75 Å². The van der Waals surface area contributed by atoms with Gasteiger partial charge in [0.1, 0.15) is 0 Å². The molecule has 1 fully saturated rings. The number of nitrogens with one attached hydrogen (secondary N) is 1. The summed E-state index contributed by atoms with van der Waals surface area (Å²) in [6.07, 6.45) is 4.81. The van der Waals surface area contributed by atoms with E-state index in [-0.39, 0.29) is 0 Å². The van der Waals surface area contributed by atoms with Crippen LogP contribution >= 0.6 is 11.8 Å². The standard InChI is InChI=1S/C5H12N2S/c1-8-5(2-3-5)4-7-6/h7H,2-4,6H2,1H3. The molecule has 2 nitrogen and oxygen atoms in total. The van der Waals surface area contributed by atoms with Crippen LogP contribution in [0.3, 0.4) is 0 Å². The van der Waals surface area contributed by atoms with E-state index in [1.165, 1.54) is 12.8 Å². The maximum atomic E-state index is 5.17. The molecule has 8 heavy (non-hydrogen) atoms. The van der Waals surface area contributed by atoms with Gasteiger partial charge in [-0.15, -0.1) is 0 Å². The Kier molecular flexibility index (Phi) is 1.80. The molecule has 3 heteroatoms. The highest BCUT2D eigenvalue weighted by molar-refractivity contribution is 8.00. The molecule has 1 aliphatic rings. The molecule has 0 bridgehead atoms. The average molecular weight is 132 g/mol. The highest BCUT2D eigenvalue weighted by Gasteiger charge is 2.40. The Balaban J connectivity index is 2.20. The van der Waals surface area contributed by atoms with E-state index in [1.807, 2.05) is 11.8 Å². The van der Waals surface area contributed by atoms with Crippen LogP contribution in [0.4, 0.5) is 0 Å². The molecule has 1 rings (SSSR count). The molecule has 48 valence electrons. The van der Waals surface area contributed by atoms with Gasteiger partial charge < -0.3 is 0 Å². The number of hydrazine groups is 1. The quantitative estimate of drug-likeness (QED) is 0.430. The van der Waals surface area contributed by atoms with E-state index in [1.54, 1.807) is 0 Å². The number of nitrogens with two attached hydrogens (primary N) is 1. The third kappa shape index (κ3) is 1.16. The SMILES string of the molecule is CSC1(CNN)CC1. The molecular formula is C5H12N2S. The summed E-state index contributed by atoms with van der Waals surface area (Å²) in [5.74, 6) is 5.17. The predicted octanol–water partition coefficient (Wildman–Crippen LogP) is 0.345. The molecule has 0 aromatic carbocycles. The van der Waals surface area contributed by atoms with Crippen LogP contribution in [-0.4, -0.2) is 17.5 Å². The molecule has 0 radical (unpaired) electrons. The number of rotatable bonds is 3. The summed E-state index contributed by atoms with van der Waals surface area (Å²) in [6, 6.07) is 0. The van der Waals surface area contributed by atoms with Gasteiger partial charge in [-0.25, -0.2) is 0 Å². The van der Waals surface area contributed by atoms with Crippen LogP contribution in [0, 0.1) is 0 Å². The first-order valence-electron chi connectivity index (χ1n) is 2.82. The molecule has 0 aromatic heterocycles. The predicted molar refractivity (Wildman–Crippen MR) is 37.7 cm³/mol. The van der Waals surface area contributed by atoms with Gasteiger partial charge in [0.15, 0.2) is 0 Å². The number of thioether (sulfide) groups is 1. The van der Waals surface area contributed by atoms with Crippen molar-refractivity contribution in [3.05, 3.63) is 0 Å². The molecule has 0 saturated heterocycles. The molecule has 0 aliphatic heterocycles. The van der Waals surface area contributed by atoms with Gasteiger partial charge in [-0.1, -0.05) is 0 Å². The first-order valence-corrected chi connectivity index (χ1v) is 4.04. The Bertz CT molecular complexity index is 80.5. The lowest BCUT2D eigenvalue weighted by atomic mass is 10.4. The zero-order valence-corrected chi connectivity index (χ0v) is 5.92. The van der Waals surface area contributed by atoms with E-state index < -0.39 is 0 Å². The lowest BCUT2D eigenvalue weighted by Crippen LogP contribution is -2.31. The van der Waals surface area contributed by atoms with Crippen molar-refractivity contribution in [3.63, 3.8) is 0 Å². The Hall–Kier alpha value is 0.270. The normalized spacial score (nSPS) is 23.2. The van der Waals surface area contributed by atoms with E-state index in [4.69, 9.17) is 5.84 Å². The van der Waals surface area contributed by atoms with Crippen LogP contribution in [0.1, 0.15) is 12.8 Å². The largest absolute Gasteiger partial charge is 0.271 e. The van der Waals surface area contributed by atoms with E-state index in [0.717, 1.165) is 6.54 Å². The van der Waals surface area contributed by atoms with Crippen LogP contribution in [0.5, 0.6) is 0 Å². The van der Waals surface area contributed by atoms with Crippen molar-refractivity contribution in [1.29, 1.82) is 0 Å². The van der Waals surface area contributed by atoms with Crippen molar-refractivity contribution in [2.24, 2.45) is 5.84 Å². The summed E-state index contributed by atoms with van der Waals surface area (Å²) < 4.78 is 0.523. The van der Waals surface area contributed by atoms with Crippen LogP contribution in [-0.2, 0) is 0 Å². The van der Waals surface area contributed by atoms with Crippen LogP contribution in [0.2, 0.25) is 0 Å². The van der Waals surface area contributed by atoms with Crippen molar-refractivity contribution >= 4 is 11.8 Å². The van der Waals surface area contributed by atoms with E-state index in [9.17, 15) is 0 Å². The summed E-state index contributed by atoms with van der Waals surface area (Å²) in [5, 5.41) is 0. The van der Waals surface area contributed by atoms with Crippen LogP contribution in [0.25, 0.3) is 0 Å². The topological polar surface area (TPSA) is 38.0 Å². The maximum absolute atomic E-state index is 5.17. The third-order valence-corrected chi connectivity index (χ3v) is 3.08. The van der Waals surface area contributed by atoms with Gasteiger partial charge in [0, 0.05) is 11.3 Å². The first kappa shape index (κ1) is 6.39. The summed E-state index contributed by atoms with van der Waals surface area (Å²) in [7, 11) is 0. The van der Waals surface area contributed by atoms with Gasteiger partial charge in [-0.2, -0.15) is 11.8 Å². The zero-order valence-electron chi connectivity index (χ0n) is 5.11. The van der Waals surface area contributed by atoms with Gasteiger partial charge in [0.25, 0.3) is 0 Å². The molecule has 0 aromatic rings. The second-order valence-corrected chi connectivity index (χ2v) is 3.54. The minimum atomic E-state index is 0.523. The van der Waals surface area contributed by atoms with Crippen molar-refractivity contribution < 1.29 is 0 Å². The zero-order chi connectivity index (χ0) is 6.04. The fourth-order valence-corrected chi connectivity index (χ4v) is 1.52. The molecule has 0 unspecified atom stereocenters. The lowest BCUT2D eigenvalue weighted by Gasteiger charge is -2.08. The third-order valence-electron chi connectivity index (χ3n) is 1.66. The minimum absolute atomic E-state index is 0.523. The van der Waals surface area contributed by atoms with Crippen LogP contribution < -0.4 is 11.3 Å². The van der Waals surface area contributed by atoms with Crippen molar-refractivity contribution in [3.8, 4) is 0 Å². The molecule has 1 saturated carbocycles. The smallest absolute Gasteiger partial charge is 0.0296 e. The van der Waals surface area contributed by atoms with Gasteiger partial charge in [0.2, 0.25) is 0 Å². The fourth-order valence-electron chi connectivity index (χ4n) is 0.778. The minimum Gasteiger partial charge on any atom is -0.271 e. The lowest BCUT2D eigenvalue weighted by molar-refractivity contribution is 0.699.